The molecule has 0 amide bonds. The molecule has 0 unspecified atom stereocenters. The van der Waals surface area contributed by atoms with Crippen molar-refractivity contribution in [2.45, 2.75) is 46.7 Å². The summed E-state index contributed by atoms with van der Waals surface area (Å²) in [5.41, 5.74) is 1.66. The molecule has 0 aliphatic rings. The van der Waals surface area contributed by atoms with Gasteiger partial charge in [0.15, 0.2) is 5.82 Å². The second-order valence-electron chi connectivity index (χ2n) is 7.57. The van der Waals surface area contributed by atoms with Crippen molar-refractivity contribution in [2.75, 3.05) is 6.61 Å². The number of quaternary nitrogens is 1. The number of aromatic amines is 1. The van der Waals surface area contributed by atoms with E-state index in [1.54, 1.807) is 13.8 Å². The van der Waals surface area contributed by atoms with Crippen molar-refractivity contribution in [1.82, 2.24) is 9.97 Å². The first-order valence-electron chi connectivity index (χ1n) is 9.93. The minimum Gasteiger partial charge on any atom is -0.462 e. The van der Waals surface area contributed by atoms with Gasteiger partial charge in [-0.25, -0.2) is 9.78 Å². The molecule has 154 valence electrons. The van der Waals surface area contributed by atoms with Gasteiger partial charge in [-0.1, -0.05) is 44.2 Å². The molecule has 29 heavy (non-hydrogen) atoms. The fraction of sp³-hybridized carbons (Fsp3) is 0.409. The third-order valence-electron chi connectivity index (χ3n) is 5.11. The maximum atomic E-state index is 12.8. The summed E-state index contributed by atoms with van der Waals surface area (Å²) >= 11 is 1.22. The highest BCUT2D eigenvalue weighted by atomic mass is 32.1. The standard InChI is InChI=1S/C22H27N3O3S/c1-6-28-22(27)18-13(4)16-20(26)24-19(25-21(16)29-18)14(5)23-17(12(2)3)15-10-8-7-9-11-15/h7-12,14,17,23H,6H2,1-5H3,(H,24,25,26)/p+1/t14-,17-/m0/s1. The molecule has 0 saturated carbocycles. The Morgan fingerprint density at radius 1 is 1.24 bits per heavy atom. The molecule has 0 fully saturated rings. The Labute approximate surface area is 174 Å². The van der Waals surface area contributed by atoms with Gasteiger partial charge in [-0.15, -0.1) is 11.3 Å². The highest BCUT2D eigenvalue weighted by Crippen LogP contribution is 2.28. The summed E-state index contributed by atoms with van der Waals surface area (Å²) in [7, 11) is 0. The normalized spacial score (nSPS) is 13.6. The van der Waals surface area contributed by atoms with Crippen LogP contribution in [0.25, 0.3) is 10.2 Å². The van der Waals surface area contributed by atoms with Crippen LogP contribution in [0.3, 0.4) is 0 Å². The van der Waals surface area contributed by atoms with E-state index in [1.807, 2.05) is 25.1 Å². The average Bonchev–Trinajstić information content (AvgIpc) is 3.03. The van der Waals surface area contributed by atoms with Crippen LogP contribution in [-0.2, 0) is 4.74 Å². The average molecular weight is 415 g/mol. The summed E-state index contributed by atoms with van der Waals surface area (Å²) in [6.45, 7) is 10.2. The first-order chi connectivity index (χ1) is 13.8. The van der Waals surface area contributed by atoms with E-state index in [9.17, 15) is 9.59 Å². The van der Waals surface area contributed by atoms with Gasteiger partial charge in [0.05, 0.1) is 12.0 Å². The van der Waals surface area contributed by atoms with Crippen LogP contribution in [0.5, 0.6) is 0 Å². The summed E-state index contributed by atoms with van der Waals surface area (Å²) in [5.74, 6) is 0.618. The number of aromatic nitrogens is 2. The number of thiophene rings is 1. The van der Waals surface area contributed by atoms with Crippen LogP contribution in [0.4, 0.5) is 0 Å². The molecule has 0 bridgehead atoms. The lowest BCUT2D eigenvalue weighted by atomic mass is 9.95. The largest absolute Gasteiger partial charge is 0.462 e. The van der Waals surface area contributed by atoms with Crippen LogP contribution < -0.4 is 10.9 Å². The Bertz CT molecular complexity index is 1060. The summed E-state index contributed by atoms with van der Waals surface area (Å²) in [4.78, 5) is 33.6. The Kier molecular flexibility index (Phi) is 6.49. The zero-order valence-corrected chi connectivity index (χ0v) is 18.3. The molecule has 0 aliphatic heterocycles. The second kappa shape index (κ2) is 8.88. The van der Waals surface area contributed by atoms with Gasteiger partial charge >= 0.3 is 5.97 Å². The second-order valence-corrected chi connectivity index (χ2v) is 8.57. The lowest BCUT2D eigenvalue weighted by Crippen LogP contribution is -2.87. The molecule has 1 aromatic carbocycles. The molecule has 0 spiro atoms. The van der Waals surface area contributed by atoms with Crippen molar-refractivity contribution < 1.29 is 14.8 Å². The first-order valence-corrected chi connectivity index (χ1v) is 10.8. The van der Waals surface area contributed by atoms with Gasteiger partial charge in [0, 0.05) is 11.5 Å². The minimum absolute atomic E-state index is 0.0480. The van der Waals surface area contributed by atoms with E-state index in [2.05, 4.69) is 41.3 Å². The molecule has 6 nitrogen and oxygen atoms in total. The van der Waals surface area contributed by atoms with E-state index in [4.69, 9.17) is 4.74 Å². The molecular formula is C22H28N3O3S+. The van der Waals surface area contributed by atoms with Crippen molar-refractivity contribution in [1.29, 1.82) is 0 Å². The Morgan fingerprint density at radius 2 is 1.93 bits per heavy atom. The summed E-state index contributed by atoms with van der Waals surface area (Å²) in [6, 6.07) is 10.5. The Balaban J connectivity index is 1.95. The van der Waals surface area contributed by atoms with Gasteiger partial charge in [0.1, 0.15) is 21.8 Å². The van der Waals surface area contributed by atoms with Gasteiger partial charge in [0.25, 0.3) is 5.56 Å². The smallest absolute Gasteiger partial charge is 0.348 e. The molecular weight excluding hydrogens is 386 g/mol. The number of hydrogen-bond acceptors (Lipinski definition) is 5. The van der Waals surface area contributed by atoms with Crippen molar-refractivity contribution in [3.8, 4) is 0 Å². The number of hydrogen-bond donors (Lipinski definition) is 2. The lowest BCUT2D eigenvalue weighted by Gasteiger charge is -2.23. The fourth-order valence-electron chi connectivity index (χ4n) is 3.56. The number of fused-ring (bicyclic) bond motifs is 1. The zero-order valence-electron chi connectivity index (χ0n) is 17.5. The van der Waals surface area contributed by atoms with E-state index < -0.39 is 5.97 Å². The van der Waals surface area contributed by atoms with Gasteiger partial charge in [-0.2, -0.15) is 0 Å². The third-order valence-corrected chi connectivity index (χ3v) is 6.28. The number of carbonyl (C=O) groups is 1. The van der Waals surface area contributed by atoms with E-state index in [0.717, 1.165) is 0 Å². The monoisotopic (exact) mass is 414 g/mol. The van der Waals surface area contributed by atoms with Crippen molar-refractivity contribution >= 4 is 27.5 Å². The summed E-state index contributed by atoms with van der Waals surface area (Å²) in [6.07, 6.45) is 0. The molecule has 2 aromatic heterocycles. The van der Waals surface area contributed by atoms with Crippen molar-refractivity contribution in [2.24, 2.45) is 5.92 Å². The molecule has 0 saturated heterocycles. The number of ether oxygens (including phenoxy) is 1. The summed E-state index contributed by atoms with van der Waals surface area (Å²) in [5, 5.41) is 2.70. The molecule has 3 rings (SSSR count). The number of H-pyrrole nitrogens is 1. The highest BCUT2D eigenvalue weighted by Gasteiger charge is 2.26. The maximum absolute atomic E-state index is 12.8. The van der Waals surface area contributed by atoms with Gasteiger partial charge in [-0.3, -0.25) is 4.79 Å². The van der Waals surface area contributed by atoms with Crippen LogP contribution in [0, 0.1) is 12.8 Å². The Morgan fingerprint density at radius 3 is 2.55 bits per heavy atom. The Hall–Kier alpha value is -2.51. The molecule has 3 aromatic rings. The highest BCUT2D eigenvalue weighted by molar-refractivity contribution is 7.20. The number of esters is 1. The predicted octanol–water partition coefficient (Wildman–Crippen LogP) is 3.49. The number of benzene rings is 1. The zero-order chi connectivity index (χ0) is 21.1. The number of carbonyl (C=O) groups excluding carboxylic acids is 1. The van der Waals surface area contributed by atoms with E-state index >= 15 is 0 Å². The number of nitrogens with zero attached hydrogens (tertiary/aromatic N) is 1. The fourth-order valence-corrected chi connectivity index (χ4v) is 4.65. The van der Waals surface area contributed by atoms with E-state index in [0.29, 0.717) is 39.0 Å². The van der Waals surface area contributed by atoms with Crippen LogP contribution in [0.2, 0.25) is 0 Å². The molecule has 3 N–H and O–H groups in total. The maximum Gasteiger partial charge on any atom is 0.348 e. The van der Waals surface area contributed by atoms with Crippen LogP contribution in [-0.4, -0.2) is 22.5 Å². The van der Waals surface area contributed by atoms with Gasteiger partial charge in [-0.05, 0) is 26.3 Å². The van der Waals surface area contributed by atoms with Crippen molar-refractivity contribution in [3.05, 3.63) is 62.5 Å². The molecule has 0 aliphatic carbocycles. The van der Waals surface area contributed by atoms with E-state index in [1.165, 1.54) is 16.9 Å². The van der Waals surface area contributed by atoms with Gasteiger partial charge < -0.3 is 15.0 Å². The molecule has 7 heteroatoms. The van der Waals surface area contributed by atoms with Crippen LogP contribution in [0.1, 0.15) is 66.4 Å². The number of rotatable bonds is 7. The number of aryl methyl sites for hydroxylation is 1. The van der Waals surface area contributed by atoms with Crippen LogP contribution >= 0.6 is 11.3 Å². The third kappa shape index (κ3) is 4.41. The summed E-state index contributed by atoms with van der Waals surface area (Å²) < 4.78 is 5.11. The first kappa shape index (κ1) is 21.2. The topological polar surface area (TPSA) is 88.7 Å². The number of nitrogens with two attached hydrogens (primary N) is 1. The molecule has 2 atom stereocenters. The SMILES string of the molecule is CCOC(=O)c1sc2nc([C@H](C)[NH2+][C@H](c3ccccc3)C(C)C)[nH]c(=O)c2c1C. The molecule has 0 radical (unpaired) electrons. The van der Waals surface area contributed by atoms with Gasteiger partial charge in [0.2, 0.25) is 0 Å². The number of nitrogens with one attached hydrogen (secondary N) is 1. The lowest BCUT2D eigenvalue weighted by molar-refractivity contribution is -0.738. The molecule has 2 heterocycles. The quantitative estimate of drug-likeness (QED) is 0.579. The van der Waals surface area contributed by atoms with Crippen molar-refractivity contribution in [3.63, 3.8) is 0 Å². The minimum atomic E-state index is -0.405. The predicted molar refractivity (Wildman–Crippen MR) is 115 cm³/mol. The van der Waals surface area contributed by atoms with E-state index in [-0.39, 0.29) is 17.6 Å². The van der Waals surface area contributed by atoms with Crippen LogP contribution in [0.15, 0.2) is 35.1 Å².